The molecule has 0 saturated heterocycles. The van der Waals surface area contributed by atoms with Crippen molar-refractivity contribution in [3.05, 3.63) is 119 Å². The standard InChI is InChI=1S/C32H27N5O3S3/c1-2-27(31(40)37-32-36-26(20-42-32)28-14-8-16-41-28)43-24-13-6-12-23(18-24)34-30(39)25(17-21-9-7-15-33-19-21)35-29(38)22-10-4-3-5-11-22/h3-20,27H,2H2,1H3,(H,34,39)(H,35,38)(H,36,37,40)/b25-17-. The first-order valence-electron chi connectivity index (χ1n) is 13.3. The number of nitrogens with one attached hydrogen (secondary N) is 3. The highest BCUT2D eigenvalue weighted by Crippen LogP contribution is 2.31. The fourth-order valence-corrected chi connectivity index (χ4v) is 6.44. The molecule has 0 aliphatic heterocycles. The maximum Gasteiger partial charge on any atom is 0.272 e. The van der Waals surface area contributed by atoms with Gasteiger partial charge in [0, 0.05) is 33.9 Å². The molecule has 0 radical (unpaired) electrons. The van der Waals surface area contributed by atoms with E-state index in [1.807, 2.05) is 48.0 Å². The molecule has 43 heavy (non-hydrogen) atoms. The maximum absolute atomic E-state index is 13.4. The van der Waals surface area contributed by atoms with E-state index in [1.54, 1.807) is 78.3 Å². The van der Waals surface area contributed by atoms with E-state index in [0.29, 0.717) is 28.4 Å². The molecular weight excluding hydrogens is 599 g/mol. The van der Waals surface area contributed by atoms with Crippen LogP contribution >= 0.6 is 34.4 Å². The van der Waals surface area contributed by atoms with Crippen LogP contribution in [0.1, 0.15) is 29.3 Å². The van der Waals surface area contributed by atoms with Crippen LogP contribution in [0.3, 0.4) is 0 Å². The number of pyridine rings is 1. The third kappa shape index (κ3) is 8.25. The van der Waals surface area contributed by atoms with E-state index in [-0.39, 0.29) is 16.9 Å². The number of carbonyl (C=O) groups excluding carboxylic acids is 3. The lowest BCUT2D eigenvalue weighted by Gasteiger charge is -2.15. The fourth-order valence-electron chi connectivity index (χ4n) is 3.96. The van der Waals surface area contributed by atoms with Crippen molar-refractivity contribution in [3.8, 4) is 10.6 Å². The summed E-state index contributed by atoms with van der Waals surface area (Å²) in [6.45, 7) is 1.95. The van der Waals surface area contributed by atoms with Gasteiger partial charge in [-0.25, -0.2) is 4.98 Å². The predicted octanol–water partition coefficient (Wildman–Crippen LogP) is 7.19. The number of nitrogens with zero attached hydrogens (tertiary/aromatic N) is 2. The first-order valence-corrected chi connectivity index (χ1v) is 16.0. The molecule has 0 fully saturated rings. The van der Waals surface area contributed by atoms with E-state index in [1.165, 1.54) is 23.1 Å². The highest BCUT2D eigenvalue weighted by atomic mass is 32.2. The van der Waals surface area contributed by atoms with Crippen molar-refractivity contribution in [2.24, 2.45) is 0 Å². The van der Waals surface area contributed by atoms with Crippen LogP contribution in [0.15, 0.2) is 113 Å². The van der Waals surface area contributed by atoms with Crippen molar-refractivity contribution < 1.29 is 14.4 Å². The number of thiazole rings is 1. The van der Waals surface area contributed by atoms with Crippen molar-refractivity contribution in [1.29, 1.82) is 0 Å². The van der Waals surface area contributed by atoms with Gasteiger partial charge < -0.3 is 16.0 Å². The van der Waals surface area contributed by atoms with Crippen molar-refractivity contribution in [1.82, 2.24) is 15.3 Å². The molecule has 8 nitrogen and oxygen atoms in total. The monoisotopic (exact) mass is 625 g/mol. The number of aromatic nitrogens is 2. The molecule has 0 spiro atoms. The summed E-state index contributed by atoms with van der Waals surface area (Å²) in [6.07, 6.45) is 5.40. The summed E-state index contributed by atoms with van der Waals surface area (Å²) in [5, 5.41) is 12.6. The predicted molar refractivity (Wildman–Crippen MR) is 175 cm³/mol. The molecule has 0 bridgehead atoms. The zero-order valence-electron chi connectivity index (χ0n) is 23.0. The van der Waals surface area contributed by atoms with Gasteiger partial charge in [-0.2, -0.15) is 0 Å². The molecule has 0 aliphatic rings. The van der Waals surface area contributed by atoms with Gasteiger partial charge in [-0.05, 0) is 65.9 Å². The quantitative estimate of drug-likeness (QED) is 0.106. The van der Waals surface area contributed by atoms with E-state index >= 15 is 0 Å². The number of anilines is 2. The Balaban J connectivity index is 1.27. The van der Waals surface area contributed by atoms with Crippen molar-refractivity contribution >= 4 is 69.1 Å². The minimum absolute atomic E-state index is 0.0658. The molecule has 0 aliphatic carbocycles. The van der Waals surface area contributed by atoms with E-state index in [2.05, 4.69) is 25.9 Å². The molecule has 1 atom stereocenters. The van der Waals surface area contributed by atoms with Gasteiger partial charge in [0.2, 0.25) is 5.91 Å². The Morgan fingerprint density at radius 1 is 0.953 bits per heavy atom. The largest absolute Gasteiger partial charge is 0.321 e. The molecular formula is C32H27N5O3S3. The van der Waals surface area contributed by atoms with Gasteiger partial charge in [-0.15, -0.1) is 34.4 Å². The van der Waals surface area contributed by atoms with Crippen molar-refractivity contribution in [2.75, 3.05) is 10.6 Å². The van der Waals surface area contributed by atoms with Crippen LogP contribution in [0.4, 0.5) is 10.8 Å². The molecule has 1 unspecified atom stereocenters. The summed E-state index contributed by atoms with van der Waals surface area (Å²) >= 11 is 4.40. The van der Waals surface area contributed by atoms with Gasteiger partial charge in [0.25, 0.3) is 11.8 Å². The van der Waals surface area contributed by atoms with Crippen LogP contribution in [0.2, 0.25) is 0 Å². The number of benzene rings is 2. The van der Waals surface area contributed by atoms with Crippen LogP contribution in [0.25, 0.3) is 16.6 Å². The average Bonchev–Trinajstić information content (AvgIpc) is 3.73. The third-order valence-electron chi connectivity index (χ3n) is 6.07. The summed E-state index contributed by atoms with van der Waals surface area (Å²) in [6, 6.07) is 23.4. The van der Waals surface area contributed by atoms with Crippen LogP contribution in [0.5, 0.6) is 0 Å². The van der Waals surface area contributed by atoms with E-state index in [0.717, 1.165) is 15.5 Å². The van der Waals surface area contributed by atoms with E-state index in [9.17, 15) is 14.4 Å². The van der Waals surface area contributed by atoms with Crippen LogP contribution in [-0.4, -0.2) is 32.9 Å². The number of carbonyl (C=O) groups is 3. The van der Waals surface area contributed by atoms with Crippen LogP contribution < -0.4 is 16.0 Å². The van der Waals surface area contributed by atoms with Gasteiger partial charge in [0.1, 0.15) is 5.70 Å². The second-order valence-electron chi connectivity index (χ2n) is 9.17. The highest BCUT2D eigenvalue weighted by Gasteiger charge is 2.20. The molecule has 3 aromatic heterocycles. The molecule has 11 heteroatoms. The second-order valence-corrected chi connectivity index (χ2v) is 12.2. The molecule has 3 amide bonds. The van der Waals surface area contributed by atoms with Crippen LogP contribution in [0, 0.1) is 0 Å². The van der Waals surface area contributed by atoms with Gasteiger partial charge in [0.05, 0.1) is 15.8 Å². The topological polar surface area (TPSA) is 113 Å². The molecule has 0 saturated carbocycles. The Morgan fingerprint density at radius 2 is 1.81 bits per heavy atom. The number of rotatable bonds is 11. The lowest BCUT2D eigenvalue weighted by molar-refractivity contribution is -0.116. The SMILES string of the molecule is CCC(Sc1cccc(NC(=O)/C(=C/c2cccnc2)NC(=O)c2ccccc2)c1)C(=O)Nc1nc(-c2cccs2)cs1. The average molecular weight is 626 g/mol. The molecule has 5 rings (SSSR count). The number of thioether (sulfide) groups is 1. The first-order chi connectivity index (χ1) is 21.0. The normalized spacial score (nSPS) is 11.9. The van der Waals surface area contributed by atoms with Gasteiger partial charge in [0.15, 0.2) is 5.13 Å². The Bertz CT molecular complexity index is 1720. The Morgan fingerprint density at radius 3 is 2.56 bits per heavy atom. The molecule has 216 valence electrons. The van der Waals surface area contributed by atoms with Crippen molar-refractivity contribution in [3.63, 3.8) is 0 Å². The molecule has 3 heterocycles. The van der Waals surface area contributed by atoms with E-state index < -0.39 is 11.8 Å². The summed E-state index contributed by atoms with van der Waals surface area (Å²) in [5.74, 6) is -1.04. The lowest BCUT2D eigenvalue weighted by Crippen LogP contribution is -2.30. The van der Waals surface area contributed by atoms with E-state index in [4.69, 9.17) is 0 Å². The smallest absolute Gasteiger partial charge is 0.272 e. The summed E-state index contributed by atoms with van der Waals surface area (Å²) < 4.78 is 0. The zero-order valence-corrected chi connectivity index (χ0v) is 25.5. The van der Waals surface area contributed by atoms with Crippen LogP contribution in [-0.2, 0) is 9.59 Å². The minimum Gasteiger partial charge on any atom is -0.321 e. The zero-order chi connectivity index (χ0) is 30.0. The lowest BCUT2D eigenvalue weighted by atomic mass is 10.2. The Labute approximate surface area is 261 Å². The first kappa shape index (κ1) is 29.9. The maximum atomic E-state index is 13.4. The van der Waals surface area contributed by atoms with Crippen molar-refractivity contribution in [2.45, 2.75) is 23.5 Å². The molecule has 3 N–H and O–H groups in total. The fraction of sp³-hybridized carbons (Fsp3) is 0.0938. The Kier molecular flexibility index (Phi) is 10.1. The summed E-state index contributed by atoms with van der Waals surface area (Å²) in [5.41, 5.74) is 2.52. The second kappa shape index (κ2) is 14.5. The number of hydrogen-bond donors (Lipinski definition) is 3. The summed E-state index contributed by atoms with van der Waals surface area (Å²) in [4.78, 5) is 49.9. The van der Waals surface area contributed by atoms with Gasteiger partial charge >= 0.3 is 0 Å². The Hall–Kier alpha value is -4.58. The van der Waals surface area contributed by atoms with Gasteiger partial charge in [-0.1, -0.05) is 43.3 Å². The highest BCUT2D eigenvalue weighted by molar-refractivity contribution is 8.00. The number of amides is 3. The summed E-state index contributed by atoms with van der Waals surface area (Å²) in [7, 11) is 0. The number of thiophene rings is 1. The third-order valence-corrected chi connectivity index (χ3v) is 9.07. The van der Waals surface area contributed by atoms with Gasteiger partial charge in [-0.3, -0.25) is 19.4 Å². The minimum atomic E-state index is -0.495. The molecule has 2 aromatic carbocycles. The number of hydrogen-bond acceptors (Lipinski definition) is 8. The molecule has 5 aromatic rings.